The molecule has 1 aliphatic heterocycles. The SMILES string of the molecule is COc1ccc(-c2nc3sc4c(n3n2)CCN(C(=O)NCc2cccc(OC)c2)C4)cc1. The van der Waals surface area contributed by atoms with Crippen molar-refractivity contribution in [2.45, 2.75) is 19.5 Å². The van der Waals surface area contributed by atoms with E-state index in [2.05, 4.69) is 5.32 Å². The van der Waals surface area contributed by atoms with Crippen LogP contribution in [-0.2, 0) is 19.5 Å². The molecular weight excluding hydrogens is 426 g/mol. The van der Waals surface area contributed by atoms with Gasteiger partial charge in [0.15, 0.2) is 5.82 Å². The summed E-state index contributed by atoms with van der Waals surface area (Å²) < 4.78 is 12.4. The van der Waals surface area contributed by atoms with Gasteiger partial charge in [-0.25, -0.2) is 9.31 Å². The zero-order chi connectivity index (χ0) is 22.1. The predicted molar refractivity (Wildman–Crippen MR) is 122 cm³/mol. The summed E-state index contributed by atoms with van der Waals surface area (Å²) in [4.78, 5) is 21.2. The Morgan fingerprint density at radius 2 is 1.94 bits per heavy atom. The lowest BCUT2D eigenvalue weighted by Crippen LogP contribution is -2.42. The van der Waals surface area contributed by atoms with Crippen LogP contribution in [0, 0.1) is 0 Å². The highest BCUT2D eigenvalue weighted by Crippen LogP contribution is 2.30. The van der Waals surface area contributed by atoms with Gasteiger partial charge in [-0.3, -0.25) is 0 Å². The number of thiazole rings is 1. The van der Waals surface area contributed by atoms with Crippen molar-refractivity contribution in [2.24, 2.45) is 0 Å². The first-order valence-electron chi connectivity index (χ1n) is 10.3. The van der Waals surface area contributed by atoms with E-state index in [0.29, 0.717) is 25.5 Å². The number of nitrogens with zero attached hydrogens (tertiary/aromatic N) is 4. The minimum absolute atomic E-state index is 0.0728. The maximum Gasteiger partial charge on any atom is 0.318 e. The van der Waals surface area contributed by atoms with E-state index in [4.69, 9.17) is 19.6 Å². The van der Waals surface area contributed by atoms with Crippen LogP contribution in [0.25, 0.3) is 16.3 Å². The summed E-state index contributed by atoms with van der Waals surface area (Å²) in [5.74, 6) is 2.28. The van der Waals surface area contributed by atoms with E-state index in [1.54, 1.807) is 25.6 Å². The van der Waals surface area contributed by atoms with Crippen molar-refractivity contribution < 1.29 is 14.3 Å². The molecule has 1 aliphatic rings. The van der Waals surface area contributed by atoms with Crippen LogP contribution >= 0.6 is 11.3 Å². The van der Waals surface area contributed by atoms with Crippen LogP contribution in [0.3, 0.4) is 0 Å². The van der Waals surface area contributed by atoms with Crippen molar-refractivity contribution in [2.75, 3.05) is 20.8 Å². The fraction of sp³-hybridized carbons (Fsp3) is 0.261. The van der Waals surface area contributed by atoms with Crippen molar-refractivity contribution in [1.29, 1.82) is 0 Å². The van der Waals surface area contributed by atoms with Crippen LogP contribution in [0.1, 0.15) is 16.1 Å². The zero-order valence-electron chi connectivity index (χ0n) is 17.9. The number of hydrogen-bond donors (Lipinski definition) is 1. The molecule has 164 valence electrons. The van der Waals surface area contributed by atoms with Crippen molar-refractivity contribution in [1.82, 2.24) is 24.8 Å². The molecule has 8 nitrogen and oxygen atoms in total. The van der Waals surface area contributed by atoms with Crippen molar-refractivity contribution in [3.63, 3.8) is 0 Å². The van der Waals surface area contributed by atoms with Crippen LogP contribution in [0.5, 0.6) is 11.5 Å². The fourth-order valence-electron chi connectivity index (χ4n) is 3.80. The summed E-state index contributed by atoms with van der Waals surface area (Å²) in [6.07, 6.45) is 0.743. The third-order valence-corrected chi connectivity index (χ3v) is 6.59. The largest absolute Gasteiger partial charge is 0.497 e. The first-order chi connectivity index (χ1) is 15.6. The van der Waals surface area contributed by atoms with Gasteiger partial charge in [0.1, 0.15) is 11.5 Å². The molecule has 2 aromatic carbocycles. The molecule has 0 spiro atoms. The average molecular weight is 450 g/mol. The number of urea groups is 1. The molecule has 2 amide bonds. The second-order valence-corrected chi connectivity index (χ2v) is 8.57. The monoisotopic (exact) mass is 449 g/mol. The van der Waals surface area contributed by atoms with E-state index < -0.39 is 0 Å². The summed E-state index contributed by atoms with van der Waals surface area (Å²) in [5, 5.41) is 7.72. The standard InChI is InChI=1S/C23H23N5O3S/c1-30-17-8-6-16(7-9-17)21-25-23-28(26-21)19-10-11-27(14-20(19)32-23)22(29)24-13-15-4-3-5-18(12-15)31-2/h3-9,12H,10-11,13-14H2,1-2H3,(H,24,29). The van der Waals surface area contributed by atoms with Gasteiger partial charge < -0.3 is 19.7 Å². The molecule has 5 rings (SSSR count). The molecule has 0 saturated heterocycles. The summed E-state index contributed by atoms with van der Waals surface area (Å²) in [5.41, 5.74) is 3.08. The molecule has 9 heteroatoms. The van der Waals surface area contributed by atoms with Crippen LogP contribution in [0.4, 0.5) is 4.79 Å². The average Bonchev–Trinajstić information content (AvgIpc) is 3.40. The second-order valence-electron chi connectivity index (χ2n) is 7.51. The minimum Gasteiger partial charge on any atom is -0.497 e. The van der Waals surface area contributed by atoms with E-state index >= 15 is 0 Å². The maximum absolute atomic E-state index is 12.7. The Morgan fingerprint density at radius 3 is 2.72 bits per heavy atom. The van der Waals surface area contributed by atoms with E-state index in [9.17, 15) is 4.79 Å². The van der Waals surface area contributed by atoms with Gasteiger partial charge in [-0.2, -0.15) is 4.98 Å². The highest BCUT2D eigenvalue weighted by molar-refractivity contribution is 7.17. The summed E-state index contributed by atoms with van der Waals surface area (Å²) in [7, 11) is 3.28. The summed E-state index contributed by atoms with van der Waals surface area (Å²) in [6.45, 7) is 1.66. The van der Waals surface area contributed by atoms with Crippen LogP contribution in [0.15, 0.2) is 48.5 Å². The number of rotatable bonds is 5. The Kier molecular flexibility index (Phi) is 5.40. The number of methoxy groups -OCH3 is 2. The highest BCUT2D eigenvalue weighted by atomic mass is 32.1. The molecule has 0 atom stereocenters. The normalized spacial score (nSPS) is 13.1. The van der Waals surface area contributed by atoms with Crippen molar-refractivity contribution in [3.8, 4) is 22.9 Å². The first kappa shape index (κ1) is 20.3. The number of carbonyl (C=O) groups excluding carboxylic acids is 1. The Bertz CT molecular complexity index is 1260. The summed E-state index contributed by atoms with van der Waals surface area (Å²) in [6, 6.07) is 15.4. The Hall–Kier alpha value is -3.59. The van der Waals surface area contributed by atoms with Gasteiger partial charge in [-0.15, -0.1) is 5.10 Å². The molecule has 0 saturated carbocycles. The van der Waals surface area contributed by atoms with E-state index in [-0.39, 0.29) is 6.03 Å². The number of nitrogens with one attached hydrogen (secondary N) is 1. The third-order valence-electron chi connectivity index (χ3n) is 5.54. The summed E-state index contributed by atoms with van der Waals surface area (Å²) >= 11 is 1.59. The van der Waals surface area contributed by atoms with Crippen molar-refractivity contribution in [3.05, 3.63) is 64.7 Å². The van der Waals surface area contributed by atoms with E-state index in [1.165, 1.54) is 0 Å². The lowest BCUT2D eigenvalue weighted by atomic mass is 10.2. The molecule has 2 aromatic heterocycles. The van der Waals surface area contributed by atoms with Gasteiger partial charge in [-0.1, -0.05) is 23.5 Å². The number of fused-ring (bicyclic) bond motifs is 3. The maximum atomic E-state index is 12.7. The van der Waals surface area contributed by atoms with Gasteiger partial charge in [0.05, 0.1) is 26.5 Å². The minimum atomic E-state index is -0.0728. The van der Waals surface area contributed by atoms with E-state index in [1.807, 2.05) is 57.9 Å². The first-order valence-corrected chi connectivity index (χ1v) is 11.1. The number of carbonyl (C=O) groups is 1. The molecule has 0 fully saturated rings. The molecular formula is C23H23N5O3S. The lowest BCUT2D eigenvalue weighted by Gasteiger charge is -2.26. The van der Waals surface area contributed by atoms with Gasteiger partial charge in [0, 0.05) is 30.0 Å². The van der Waals surface area contributed by atoms with Gasteiger partial charge >= 0.3 is 6.03 Å². The molecule has 3 heterocycles. The second kappa shape index (κ2) is 8.51. The van der Waals surface area contributed by atoms with Gasteiger partial charge in [0.25, 0.3) is 0 Å². The highest BCUT2D eigenvalue weighted by Gasteiger charge is 2.26. The molecule has 32 heavy (non-hydrogen) atoms. The van der Waals surface area contributed by atoms with Gasteiger partial charge in [-0.05, 0) is 42.0 Å². The van der Waals surface area contributed by atoms with Crippen LogP contribution in [-0.4, -0.2) is 46.3 Å². The molecule has 0 bridgehead atoms. The Morgan fingerprint density at radius 1 is 1.12 bits per heavy atom. The molecule has 0 unspecified atom stereocenters. The third kappa shape index (κ3) is 3.87. The van der Waals surface area contributed by atoms with Crippen molar-refractivity contribution >= 4 is 22.3 Å². The van der Waals surface area contributed by atoms with Crippen LogP contribution in [0.2, 0.25) is 0 Å². The molecule has 0 radical (unpaired) electrons. The molecule has 0 aliphatic carbocycles. The number of benzene rings is 2. The molecule has 1 N–H and O–H groups in total. The fourth-order valence-corrected chi connectivity index (χ4v) is 4.91. The number of ether oxygens (including phenoxy) is 2. The number of amides is 2. The quantitative estimate of drug-likeness (QED) is 0.502. The van der Waals surface area contributed by atoms with Gasteiger partial charge in [0.2, 0.25) is 4.96 Å². The predicted octanol–water partition coefficient (Wildman–Crippen LogP) is 3.74. The van der Waals surface area contributed by atoms with E-state index in [0.717, 1.165) is 44.6 Å². The number of aromatic nitrogens is 3. The topological polar surface area (TPSA) is 81.0 Å². The molecule has 4 aromatic rings. The Balaban J connectivity index is 1.27. The lowest BCUT2D eigenvalue weighted by molar-refractivity contribution is 0.192. The van der Waals surface area contributed by atoms with Crippen LogP contribution < -0.4 is 14.8 Å². The Labute approximate surface area is 189 Å². The smallest absolute Gasteiger partial charge is 0.318 e. The zero-order valence-corrected chi connectivity index (χ0v) is 18.7. The number of hydrogen-bond acceptors (Lipinski definition) is 6.